The van der Waals surface area contributed by atoms with Gasteiger partial charge in [-0.3, -0.25) is 4.79 Å². The Morgan fingerprint density at radius 3 is 3.00 bits per heavy atom. The number of methoxy groups -OCH3 is 1. The molecule has 3 nitrogen and oxygen atoms in total. The van der Waals surface area contributed by atoms with Gasteiger partial charge in [0.2, 0.25) is 5.91 Å². The minimum absolute atomic E-state index is 0.0774. The van der Waals surface area contributed by atoms with Crippen LogP contribution in [0.1, 0.15) is 5.56 Å². The van der Waals surface area contributed by atoms with E-state index in [0.717, 1.165) is 0 Å². The monoisotopic (exact) mass is 291 g/mol. The second kappa shape index (κ2) is 8.34. The summed E-state index contributed by atoms with van der Waals surface area (Å²) in [6.45, 7) is 0.980. The SMILES string of the molecule is COCCNC(=O)CSCc1ccc(Cl)cc1F. The van der Waals surface area contributed by atoms with E-state index in [1.165, 1.54) is 17.8 Å². The molecular formula is C12H15ClFNO2S. The standard InChI is InChI=1S/C12H15ClFNO2S/c1-17-5-4-15-12(16)8-18-7-9-2-3-10(13)6-11(9)14/h2-3,6H,4-5,7-8H2,1H3,(H,15,16). The third-order valence-corrected chi connectivity index (χ3v) is 3.35. The quantitative estimate of drug-likeness (QED) is 0.785. The Balaban J connectivity index is 2.26. The predicted molar refractivity (Wildman–Crippen MR) is 72.5 cm³/mol. The smallest absolute Gasteiger partial charge is 0.230 e. The van der Waals surface area contributed by atoms with Gasteiger partial charge in [0.1, 0.15) is 5.82 Å². The summed E-state index contributed by atoms with van der Waals surface area (Å²) in [5.41, 5.74) is 0.550. The van der Waals surface area contributed by atoms with Crippen molar-refractivity contribution in [2.45, 2.75) is 5.75 Å². The fourth-order valence-corrected chi connectivity index (χ4v) is 2.24. The number of amides is 1. The van der Waals surface area contributed by atoms with Crippen molar-refractivity contribution in [3.63, 3.8) is 0 Å². The normalized spacial score (nSPS) is 10.4. The average molecular weight is 292 g/mol. The maximum Gasteiger partial charge on any atom is 0.230 e. The van der Waals surface area contributed by atoms with Gasteiger partial charge in [0.15, 0.2) is 0 Å². The van der Waals surface area contributed by atoms with E-state index in [0.29, 0.717) is 35.2 Å². The molecule has 0 aliphatic carbocycles. The number of carbonyl (C=O) groups excluding carboxylic acids is 1. The molecule has 1 amide bonds. The highest BCUT2D eigenvalue weighted by atomic mass is 35.5. The van der Waals surface area contributed by atoms with Crippen LogP contribution in [-0.4, -0.2) is 31.9 Å². The van der Waals surface area contributed by atoms with Crippen LogP contribution in [0.3, 0.4) is 0 Å². The first kappa shape index (κ1) is 15.3. The molecule has 1 N–H and O–H groups in total. The van der Waals surface area contributed by atoms with E-state index in [-0.39, 0.29) is 11.7 Å². The van der Waals surface area contributed by atoms with E-state index >= 15 is 0 Å². The zero-order chi connectivity index (χ0) is 13.4. The molecule has 0 heterocycles. The van der Waals surface area contributed by atoms with Gasteiger partial charge in [-0.15, -0.1) is 11.8 Å². The lowest BCUT2D eigenvalue weighted by molar-refractivity contribution is -0.118. The third-order valence-electron chi connectivity index (χ3n) is 2.13. The van der Waals surface area contributed by atoms with E-state index in [1.54, 1.807) is 19.2 Å². The number of carbonyl (C=O) groups is 1. The minimum Gasteiger partial charge on any atom is -0.383 e. The summed E-state index contributed by atoms with van der Waals surface area (Å²) in [5, 5.41) is 3.07. The van der Waals surface area contributed by atoms with E-state index in [4.69, 9.17) is 16.3 Å². The molecule has 0 aliphatic rings. The Hall–Kier alpha value is -0.780. The third kappa shape index (κ3) is 5.71. The summed E-state index contributed by atoms with van der Waals surface area (Å²) < 4.78 is 18.2. The second-order valence-corrected chi connectivity index (χ2v) is 4.99. The Morgan fingerprint density at radius 2 is 2.33 bits per heavy atom. The average Bonchev–Trinajstić information content (AvgIpc) is 2.32. The van der Waals surface area contributed by atoms with Crippen LogP contribution in [0, 0.1) is 5.82 Å². The molecule has 0 fully saturated rings. The molecule has 1 aromatic rings. The fourth-order valence-electron chi connectivity index (χ4n) is 1.24. The van der Waals surface area contributed by atoms with Crippen molar-refractivity contribution in [1.82, 2.24) is 5.32 Å². The molecule has 0 bridgehead atoms. The van der Waals surface area contributed by atoms with E-state index in [2.05, 4.69) is 5.32 Å². The highest BCUT2D eigenvalue weighted by Crippen LogP contribution is 2.19. The molecular weight excluding hydrogens is 277 g/mol. The first-order chi connectivity index (χ1) is 8.63. The van der Waals surface area contributed by atoms with Crippen molar-refractivity contribution in [2.24, 2.45) is 0 Å². The molecule has 100 valence electrons. The maximum atomic E-state index is 13.4. The molecule has 18 heavy (non-hydrogen) atoms. The number of nitrogens with one attached hydrogen (secondary N) is 1. The van der Waals surface area contributed by atoms with Crippen LogP contribution in [0.25, 0.3) is 0 Å². The topological polar surface area (TPSA) is 38.3 Å². The van der Waals surface area contributed by atoms with Gasteiger partial charge in [-0.2, -0.15) is 0 Å². The van der Waals surface area contributed by atoms with Crippen molar-refractivity contribution >= 4 is 29.3 Å². The number of benzene rings is 1. The molecule has 0 aliphatic heterocycles. The van der Waals surface area contributed by atoms with E-state index in [9.17, 15) is 9.18 Å². The Kier molecular flexibility index (Phi) is 7.08. The van der Waals surface area contributed by atoms with Crippen molar-refractivity contribution in [2.75, 3.05) is 26.0 Å². The van der Waals surface area contributed by atoms with Crippen molar-refractivity contribution in [1.29, 1.82) is 0 Å². The van der Waals surface area contributed by atoms with Crippen LogP contribution in [0.4, 0.5) is 4.39 Å². The summed E-state index contributed by atoms with van der Waals surface area (Å²) in [7, 11) is 1.57. The van der Waals surface area contributed by atoms with Crippen LogP contribution in [0.15, 0.2) is 18.2 Å². The Labute approximate surface area is 115 Å². The van der Waals surface area contributed by atoms with Crippen LogP contribution in [0.2, 0.25) is 5.02 Å². The second-order valence-electron chi connectivity index (χ2n) is 3.57. The maximum absolute atomic E-state index is 13.4. The van der Waals surface area contributed by atoms with Gasteiger partial charge in [0, 0.05) is 24.4 Å². The summed E-state index contributed by atoms with van der Waals surface area (Å²) in [6.07, 6.45) is 0. The molecule has 0 unspecified atom stereocenters. The first-order valence-electron chi connectivity index (χ1n) is 5.41. The zero-order valence-electron chi connectivity index (χ0n) is 10.0. The minimum atomic E-state index is -0.338. The Morgan fingerprint density at radius 1 is 1.56 bits per heavy atom. The first-order valence-corrected chi connectivity index (χ1v) is 6.94. The van der Waals surface area contributed by atoms with E-state index in [1.807, 2.05) is 0 Å². The highest BCUT2D eigenvalue weighted by molar-refractivity contribution is 7.99. The molecule has 1 rings (SSSR count). The van der Waals surface area contributed by atoms with Crippen LogP contribution >= 0.6 is 23.4 Å². The predicted octanol–water partition coefficient (Wildman–Crippen LogP) is 2.47. The van der Waals surface area contributed by atoms with Gasteiger partial charge in [0.05, 0.1) is 12.4 Å². The van der Waals surface area contributed by atoms with Crippen LogP contribution in [0.5, 0.6) is 0 Å². The zero-order valence-corrected chi connectivity index (χ0v) is 11.6. The summed E-state index contributed by atoms with van der Waals surface area (Å²) in [5.74, 6) is 0.327. The lowest BCUT2D eigenvalue weighted by Gasteiger charge is -2.05. The molecule has 6 heteroatoms. The molecule has 0 spiro atoms. The van der Waals surface area contributed by atoms with Crippen LogP contribution < -0.4 is 5.32 Å². The number of halogens is 2. The molecule has 0 aromatic heterocycles. The van der Waals surface area contributed by atoms with Gasteiger partial charge in [-0.05, 0) is 17.7 Å². The van der Waals surface area contributed by atoms with Gasteiger partial charge in [-0.1, -0.05) is 17.7 Å². The fraction of sp³-hybridized carbons (Fsp3) is 0.417. The van der Waals surface area contributed by atoms with Gasteiger partial charge in [0.25, 0.3) is 0 Å². The van der Waals surface area contributed by atoms with Crippen LogP contribution in [-0.2, 0) is 15.3 Å². The van der Waals surface area contributed by atoms with Crippen molar-refractivity contribution in [3.8, 4) is 0 Å². The molecule has 0 atom stereocenters. The summed E-state index contributed by atoms with van der Waals surface area (Å²) >= 11 is 7.01. The molecule has 0 saturated carbocycles. The number of ether oxygens (including phenoxy) is 1. The van der Waals surface area contributed by atoms with Crippen molar-refractivity contribution < 1.29 is 13.9 Å². The van der Waals surface area contributed by atoms with Gasteiger partial charge < -0.3 is 10.1 Å². The number of rotatable bonds is 7. The molecule has 1 aromatic carbocycles. The molecule has 0 radical (unpaired) electrons. The largest absolute Gasteiger partial charge is 0.383 e. The number of thioether (sulfide) groups is 1. The van der Waals surface area contributed by atoms with Gasteiger partial charge >= 0.3 is 0 Å². The lowest BCUT2D eigenvalue weighted by Crippen LogP contribution is -2.28. The van der Waals surface area contributed by atoms with Crippen molar-refractivity contribution in [3.05, 3.63) is 34.6 Å². The Bertz CT molecular complexity index is 404. The number of hydrogen-bond donors (Lipinski definition) is 1. The van der Waals surface area contributed by atoms with E-state index < -0.39 is 0 Å². The lowest BCUT2D eigenvalue weighted by atomic mass is 10.2. The summed E-state index contributed by atoms with van der Waals surface area (Å²) in [4.78, 5) is 11.3. The molecule has 0 saturated heterocycles. The van der Waals surface area contributed by atoms with Gasteiger partial charge in [-0.25, -0.2) is 4.39 Å². The highest BCUT2D eigenvalue weighted by Gasteiger charge is 2.05. The number of hydrogen-bond acceptors (Lipinski definition) is 3. The summed E-state index contributed by atoms with van der Waals surface area (Å²) in [6, 6.07) is 4.54.